The van der Waals surface area contributed by atoms with Crippen LogP contribution in [0.3, 0.4) is 0 Å². The van der Waals surface area contributed by atoms with Crippen LogP contribution in [-0.4, -0.2) is 26.5 Å². The van der Waals surface area contributed by atoms with Crippen molar-refractivity contribution in [3.05, 3.63) is 72.5 Å². The van der Waals surface area contributed by atoms with Gasteiger partial charge in [-0.1, -0.05) is 29.3 Å². The quantitative estimate of drug-likeness (QED) is 0.734. The van der Waals surface area contributed by atoms with Crippen LogP contribution in [0.1, 0.15) is 30.0 Å². The predicted octanol–water partition coefficient (Wildman–Crippen LogP) is 2.77. The minimum absolute atomic E-state index is 0.0834. The number of carbonyl (C=O) groups is 1. The number of hydrogen-bond donors (Lipinski definition) is 0. The monoisotopic (exact) mass is 407 g/mol. The Bertz CT molecular complexity index is 1040. The van der Waals surface area contributed by atoms with Crippen molar-refractivity contribution in [1.29, 1.82) is 0 Å². The highest BCUT2D eigenvalue weighted by molar-refractivity contribution is 6.42. The fourth-order valence-corrected chi connectivity index (χ4v) is 3.61. The van der Waals surface area contributed by atoms with Gasteiger partial charge >= 0.3 is 5.69 Å². The summed E-state index contributed by atoms with van der Waals surface area (Å²) in [6, 6.07) is 5.30. The maximum atomic E-state index is 12.7. The lowest BCUT2D eigenvalue weighted by atomic mass is 10.0. The van der Waals surface area contributed by atoms with Crippen molar-refractivity contribution >= 4 is 35.2 Å². The van der Waals surface area contributed by atoms with Gasteiger partial charge in [0.15, 0.2) is 0 Å². The summed E-state index contributed by atoms with van der Waals surface area (Å²) in [4.78, 5) is 38.4. The highest BCUT2D eigenvalue weighted by atomic mass is 35.5. The molecule has 2 aromatic rings. The Kier molecular flexibility index (Phi) is 5.58. The Morgan fingerprint density at radius 2 is 1.93 bits per heavy atom. The number of hydrogen-bond acceptors (Lipinski definition) is 3. The average Bonchev–Trinajstić information content (AvgIpc) is 3.13. The Morgan fingerprint density at radius 1 is 1.19 bits per heavy atom. The van der Waals surface area contributed by atoms with Crippen LogP contribution in [0, 0.1) is 0 Å². The third-order valence-corrected chi connectivity index (χ3v) is 5.48. The van der Waals surface area contributed by atoms with Gasteiger partial charge in [0, 0.05) is 32.9 Å². The van der Waals surface area contributed by atoms with E-state index in [0.29, 0.717) is 16.6 Å². The number of aryl methyl sites for hydroxylation is 1. The molecule has 0 spiro atoms. The lowest BCUT2D eigenvalue weighted by Gasteiger charge is -2.24. The minimum Gasteiger partial charge on any atom is -0.332 e. The van der Waals surface area contributed by atoms with E-state index in [1.807, 2.05) is 6.07 Å². The van der Waals surface area contributed by atoms with Crippen LogP contribution < -0.4 is 11.2 Å². The van der Waals surface area contributed by atoms with Gasteiger partial charge in [0.05, 0.1) is 21.7 Å². The van der Waals surface area contributed by atoms with E-state index in [1.165, 1.54) is 30.0 Å². The third kappa shape index (κ3) is 3.87. The maximum Gasteiger partial charge on any atom is 0.330 e. The summed E-state index contributed by atoms with van der Waals surface area (Å²) in [6.45, 7) is 0.624. The molecule has 1 aliphatic heterocycles. The maximum absolute atomic E-state index is 12.7. The Hall–Kier alpha value is -2.31. The molecule has 1 aliphatic rings. The van der Waals surface area contributed by atoms with Crippen LogP contribution in [-0.2, 0) is 18.9 Å². The largest absolute Gasteiger partial charge is 0.332 e. The number of nitrogens with zero attached hydrogens (tertiary/aromatic N) is 3. The molecular formula is C19H19Cl2N3O3. The molecule has 2 heterocycles. The zero-order valence-electron chi connectivity index (χ0n) is 15.0. The molecular weight excluding hydrogens is 389 g/mol. The topological polar surface area (TPSA) is 64.3 Å². The average molecular weight is 408 g/mol. The van der Waals surface area contributed by atoms with Crippen LogP contribution in [0.5, 0.6) is 0 Å². The number of benzene rings is 1. The number of amides is 1. The number of rotatable bonds is 3. The molecule has 142 valence electrons. The Morgan fingerprint density at radius 3 is 2.63 bits per heavy atom. The van der Waals surface area contributed by atoms with E-state index in [-0.39, 0.29) is 17.5 Å². The van der Waals surface area contributed by atoms with E-state index in [0.717, 1.165) is 23.0 Å². The van der Waals surface area contributed by atoms with Crippen LogP contribution in [0.25, 0.3) is 6.08 Å². The van der Waals surface area contributed by atoms with Crippen LogP contribution in [0.2, 0.25) is 10.0 Å². The highest BCUT2D eigenvalue weighted by Crippen LogP contribution is 2.35. The lowest BCUT2D eigenvalue weighted by molar-refractivity contribution is -0.126. The molecule has 3 rings (SSSR count). The standard InChI is InChI=1S/C19H19Cl2N3O3/c1-22-11-13(18(26)23(2)19(22)27)6-8-17(25)24-9-3-4-16(24)12-5-7-14(20)15(21)10-12/h5-8,10-11,16H,3-4,9H2,1-2H3/b8-6+/t16-/m0/s1. The first-order chi connectivity index (χ1) is 12.8. The van der Waals surface area contributed by atoms with Crippen molar-refractivity contribution in [2.24, 2.45) is 14.1 Å². The van der Waals surface area contributed by atoms with Gasteiger partial charge in [-0.3, -0.25) is 14.2 Å². The molecule has 8 heteroatoms. The second-order valence-corrected chi connectivity index (χ2v) is 7.35. The third-order valence-electron chi connectivity index (χ3n) is 4.74. The van der Waals surface area contributed by atoms with Gasteiger partial charge in [-0.15, -0.1) is 0 Å². The van der Waals surface area contributed by atoms with Crippen molar-refractivity contribution in [2.75, 3.05) is 6.54 Å². The minimum atomic E-state index is -0.440. The van der Waals surface area contributed by atoms with E-state index in [1.54, 1.807) is 24.1 Å². The molecule has 1 saturated heterocycles. The first kappa shape index (κ1) is 19.5. The number of carbonyl (C=O) groups excluding carboxylic acids is 1. The van der Waals surface area contributed by atoms with E-state index in [2.05, 4.69) is 0 Å². The molecule has 0 N–H and O–H groups in total. The fourth-order valence-electron chi connectivity index (χ4n) is 3.30. The number of aromatic nitrogens is 2. The molecule has 6 nitrogen and oxygen atoms in total. The summed E-state index contributed by atoms with van der Waals surface area (Å²) in [7, 11) is 2.96. The summed E-state index contributed by atoms with van der Waals surface area (Å²) in [5.41, 5.74) is 0.354. The van der Waals surface area contributed by atoms with E-state index >= 15 is 0 Å². The second kappa shape index (κ2) is 7.74. The second-order valence-electron chi connectivity index (χ2n) is 6.54. The highest BCUT2D eigenvalue weighted by Gasteiger charge is 2.29. The lowest BCUT2D eigenvalue weighted by Crippen LogP contribution is -2.37. The van der Waals surface area contributed by atoms with Gasteiger partial charge in [0.25, 0.3) is 5.56 Å². The normalized spacial score (nSPS) is 17.0. The SMILES string of the molecule is Cn1cc(/C=C/C(=O)N2CCC[C@H]2c2ccc(Cl)c(Cl)c2)c(=O)n(C)c1=O. The smallest absolute Gasteiger partial charge is 0.330 e. The molecule has 1 fully saturated rings. The summed E-state index contributed by atoms with van der Waals surface area (Å²) in [5.74, 6) is -0.195. The van der Waals surface area contributed by atoms with Gasteiger partial charge in [0.2, 0.25) is 5.91 Å². The summed E-state index contributed by atoms with van der Waals surface area (Å²) in [6.07, 6.45) is 5.96. The summed E-state index contributed by atoms with van der Waals surface area (Å²) >= 11 is 12.1. The zero-order valence-corrected chi connectivity index (χ0v) is 16.5. The van der Waals surface area contributed by atoms with Crippen molar-refractivity contribution < 1.29 is 4.79 Å². The Labute approximate surface area is 166 Å². The van der Waals surface area contributed by atoms with Crippen molar-refractivity contribution in [3.63, 3.8) is 0 Å². The Balaban J connectivity index is 1.85. The summed E-state index contributed by atoms with van der Waals surface area (Å²) < 4.78 is 2.32. The molecule has 1 atom stereocenters. The van der Waals surface area contributed by atoms with Crippen LogP contribution in [0.4, 0.5) is 0 Å². The molecule has 0 saturated carbocycles. The predicted molar refractivity (Wildman–Crippen MR) is 106 cm³/mol. The zero-order chi connectivity index (χ0) is 19.7. The van der Waals surface area contributed by atoms with Gasteiger partial charge < -0.3 is 9.47 Å². The summed E-state index contributed by atoms with van der Waals surface area (Å²) in [5, 5.41) is 0.930. The van der Waals surface area contributed by atoms with Gasteiger partial charge in [-0.2, -0.15) is 0 Å². The van der Waals surface area contributed by atoms with E-state index < -0.39 is 11.2 Å². The van der Waals surface area contributed by atoms with E-state index in [4.69, 9.17) is 23.2 Å². The van der Waals surface area contributed by atoms with Gasteiger partial charge in [-0.05, 0) is 36.6 Å². The molecule has 0 bridgehead atoms. The van der Waals surface area contributed by atoms with E-state index in [9.17, 15) is 14.4 Å². The van der Waals surface area contributed by atoms with Crippen LogP contribution >= 0.6 is 23.2 Å². The first-order valence-electron chi connectivity index (χ1n) is 8.50. The molecule has 0 aliphatic carbocycles. The van der Waals surface area contributed by atoms with Gasteiger partial charge in [-0.25, -0.2) is 4.79 Å². The molecule has 0 unspecified atom stereocenters. The molecule has 27 heavy (non-hydrogen) atoms. The number of likely N-dealkylation sites (tertiary alicyclic amines) is 1. The molecule has 1 aromatic carbocycles. The first-order valence-corrected chi connectivity index (χ1v) is 9.25. The molecule has 0 radical (unpaired) electrons. The van der Waals surface area contributed by atoms with Crippen molar-refractivity contribution in [2.45, 2.75) is 18.9 Å². The number of halogens is 2. The molecule has 1 aromatic heterocycles. The van der Waals surface area contributed by atoms with Gasteiger partial charge in [0.1, 0.15) is 0 Å². The van der Waals surface area contributed by atoms with Crippen molar-refractivity contribution in [1.82, 2.24) is 14.0 Å². The van der Waals surface area contributed by atoms with Crippen LogP contribution in [0.15, 0.2) is 40.1 Å². The molecule has 1 amide bonds. The fraction of sp³-hybridized carbons (Fsp3) is 0.316. The van der Waals surface area contributed by atoms with Crippen molar-refractivity contribution in [3.8, 4) is 0 Å².